The summed E-state index contributed by atoms with van der Waals surface area (Å²) in [5.74, 6) is -0.155. The van der Waals surface area contributed by atoms with E-state index in [1.807, 2.05) is 42.5 Å². The van der Waals surface area contributed by atoms with Crippen LogP contribution in [0.5, 0.6) is 0 Å². The molecule has 0 spiro atoms. The lowest BCUT2D eigenvalue weighted by Gasteiger charge is -2.15. The van der Waals surface area contributed by atoms with Gasteiger partial charge in [-0.15, -0.1) is 0 Å². The summed E-state index contributed by atoms with van der Waals surface area (Å²) < 4.78 is 21.3. The van der Waals surface area contributed by atoms with Gasteiger partial charge in [0.2, 0.25) is 0 Å². The highest BCUT2D eigenvalue weighted by atomic mass is 19.1. The van der Waals surface area contributed by atoms with E-state index in [4.69, 9.17) is 4.42 Å². The molecule has 0 bridgehead atoms. The van der Waals surface area contributed by atoms with Crippen LogP contribution in [0.25, 0.3) is 56.0 Å². The van der Waals surface area contributed by atoms with E-state index >= 15 is 4.39 Å². The van der Waals surface area contributed by atoms with E-state index in [0.717, 1.165) is 16.7 Å². The third kappa shape index (κ3) is 4.24. The van der Waals surface area contributed by atoms with Gasteiger partial charge in [0.05, 0.1) is 35.3 Å². The number of nitrogens with zero attached hydrogens (tertiary/aromatic N) is 5. The normalized spacial score (nSPS) is 12.2. The van der Waals surface area contributed by atoms with Crippen molar-refractivity contribution in [1.29, 1.82) is 0 Å². The Labute approximate surface area is 226 Å². The predicted octanol–water partition coefficient (Wildman–Crippen LogP) is 5.33. The largest absolute Gasteiger partial charge is 0.472 e. The van der Waals surface area contributed by atoms with Gasteiger partial charge < -0.3 is 19.8 Å². The molecule has 7 aromatic rings. The average molecular weight is 533 g/mol. The second-order valence-electron chi connectivity index (χ2n) is 9.25. The topological polar surface area (TPSA) is 141 Å². The van der Waals surface area contributed by atoms with Crippen LogP contribution in [-0.4, -0.2) is 46.5 Å². The Hall–Kier alpha value is -5.42. The van der Waals surface area contributed by atoms with Gasteiger partial charge in [0.15, 0.2) is 17.1 Å². The first-order chi connectivity index (χ1) is 19.6. The van der Waals surface area contributed by atoms with Crippen molar-refractivity contribution < 1.29 is 13.9 Å². The number of furan rings is 1. The van der Waals surface area contributed by atoms with Crippen molar-refractivity contribution in [2.45, 2.75) is 12.6 Å². The van der Waals surface area contributed by atoms with Crippen LogP contribution in [-0.2, 0) is 6.42 Å². The first kappa shape index (κ1) is 23.7. The average Bonchev–Trinajstić information content (AvgIpc) is 3.73. The summed E-state index contributed by atoms with van der Waals surface area (Å²) in [4.78, 5) is 20.8. The number of nitrogens with one attached hydrogen (secondary N) is 3. The number of benzene rings is 1. The van der Waals surface area contributed by atoms with Crippen molar-refractivity contribution in [3.05, 3.63) is 97.2 Å². The van der Waals surface area contributed by atoms with Crippen molar-refractivity contribution in [2.75, 3.05) is 5.32 Å². The van der Waals surface area contributed by atoms with Gasteiger partial charge in [-0.1, -0.05) is 30.3 Å². The molecule has 7 rings (SSSR count). The third-order valence-corrected chi connectivity index (χ3v) is 6.63. The fraction of sp³-hybridized carbons (Fsp3) is 0.0690. The molecule has 11 heteroatoms. The molecule has 1 atom stereocenters. The van der Waals surface area contributed by atoms with Crippen molar-refractivity contribution in [3.8, 4) is 33.8 Å². The lowest BCUT2D eigenvalue weighted by atomic mass is 10.1. The van der Waals surface area contributed by atoms with Gasteiger partial charge in [-0.05, 0) is 23.8 Å². The van der Waals surface area contributed by atoms with Crippen molar-refractivity contribution in [1.82, 2.24) is 35.1 Å². The number of H-pyrrole nitrogens is 2. The maximum absolute atomic E-state index is 16.1. The van der Waals surface area contributed by atoms with E-state index in [-0.39, 0.29) is 16.6 Å². The zero-order valence-electron chi connectivity index (χ0n) is 20.8. The number of hydrogen-bond donors (Lipinski definition) is 4. The smallest absolute Gasteiger partial charge is 0.184 e. The first-order valence-corrected chi connectivity index (χ1v) is 12.5. The van der Waals surface area contributed by atoms with Crippen molar-refractivity contribution in [3.63, 3.8) is 0 Å². The molecule has 1 unspecified atom stereocenters. The molecule has 0 aliphatic heterocycles. The van der Waals surface area contributed by atoms with Gasteiger partial charge in [0.1, 0.15) is 17.7 Å². The Morgan fingerprint density at radius 3 is 2.73 bits per heavy atom. The molecule has 0 aliphatic carbocycles. The van der Waals surface area contributed by atoms with Gasteiger partial charge in [0.25, 0.3) is 0 Å². The molecule has 0 radical (unpaired) electrons. The maximum Gasteiger partial charge on any atom is 0.184 e. The number of imidazole rings is 1. The molecule has 40 heavy (non-hydrogen) atoms. The molecular formula is C29H21FN8O2. The van der Waals surface area contributed by atoms with Gasteiger partial charge >= 0.3 is 0 Å². The number of aliphatic hydroxyl groups is 1. The van der Waals surface area contributed by atoms with Crippen LogP contribution >= 0.6 is 0 Å². The number of hydrogen-bond acceptors (Lipinski definition) is 8. The van der Waals surface area contributed by atoms with Crippen molar-refractivity contribution in [2.24, 2.45) is 0 Å². The maximum atomic E-state index is 16.1. The molecule has 4 N–H and O–H groups in total. The van der Waals surface area contributed by atoms with Crippen LogP contribution in [0.15, 0.2) is 90.3 Å². The third-order valence-electron chi connectivity index (χ3n) is 6.63. The number of fused-ring (bicyclic) bond motifs is 2. The Balaban J connectivity index is 1.24. The molecule has 196 valence electrons. The lowest BCUT2D eigenvalue weighted by molar-refractivity contribution is 0.204. The highest BCUT2D eigenvalue weighted by molar-refractivity contribution is 5.96. The first-order valence-electron chi connectivity index (χ1n) is 12.5. The number of aromatic amines is 2. The number of rotatable bonds is 7. The van der Waals surface area contributed by atoms with E-state index in [1.165, 1.54) is 6.20 Å². The predicted molar refractivity (Wildman–Crippen MR) is 147 cm³/mol. The lowest BCUT2D eigenvalue weighted by Crippen LogP contribution is -2.21. The van der Waals surface area contributed by atoms with Crippen LogP contribution < -0.4 is 5.32 Å². The fourth-order valence-electron chi connectivity index (χ4n) is 4.76. The van der Waals surface area contributed by atoms with E-state index in [1.54, 1.807) is 37.2 Å². The highest BCUT2D eigenvalue weighted by Crippen LogP contribution is 2.34. The monoisotopic (exact) mass is 532 g/mol. The highest BCUT2D eigenvalue weighted by Gasteiger charge is 2.21. The van der Waals surface area contributed by atoms with Gasteiger partial charge in [-0.25, -0.2) is 19.3 Å². The second kappa shape index (κ2) is 9.71. The molecule has 0 aliphatic rings. The van der Waals surface area contributed by atoms with E-state index in [0.29, 0.717) is 40.4 Å². The quantitative estimate of drug-likeness (QED) is 0.202. The Morgan fingerprint density at radius 2 is 1.88 bits per heavy atom. The Morgan fingerprint density at radius 1 is 0.975 bits per heavy atom. The molecular weight excluding hydrogens is 511 g/mol. The fourth-order valence-corrected chi connectivity index (χ4v) is 4.76. The van der Waals surface area contributed by atoms with E-state index in [9.17, 15) is 5.11 Å². The Kier molecular flexibility index (Phi) is 5.75. The second-order valence-corrected chi connectivity index (χ2v) is 9.25. The number of halogens is 1. The number of aliphatic hydroxyl groups excluding tert-OH is 1. The Bertz CT molecular complexity index is 1950. The van der Waals surface area contributed by atoms with Gasteiger partial charge in [-0.2, -0.15) is 5.10 Å². The van der Waals surface area contributed by atoms with Crippen LogP contribution in [0.3, 0.4) is 0 Å². The van der Waals surface area contributed by atoms with E-state index < -0.39 is 12.0 Å². The zero-order valence-corrected chi connectivity index (χ0v) is 20.8. The van der Waals surface area contributed by atoms with Gasteiger partial charge in [-0.3, -0.25) is 10.1 Å². The molecule has 0 amide bonds. The number of pyridine rings is 3. The minimum atomic E-state index is -0.848. The minimum Gasteiger partial charge on any atom is -0.472 e. The summed E-state index contributed by atoms with van der Waals surface area (Å²) in [7, 11) is 0. The summed E-state index contributed by atoms with van der Waals surface area (Å²) in [5, 5.41) is 20.8. The summed E-state index contributed by atoms with van der Waals surface area (Å²) in [6.07, 6.45) is 8.97. The van der Waals surface area contributed by atoms with Crippen molar-refractivity contribution >= 4 is 27.9 Å². The summed E-state index contributed by atoms with van der Waals surface area (Å²) in [6, 6.07) is 15.0. The zero-order chi connectivity index (χ0) is 27.1. The molecule has 6 aromatic heterocycles. The summed E-state index contributed by atoms with van der Waals surface area (Å²) in [6.45, 7) is 0. The van der Waals surface area contributed by atoms with Gasteiger partial charge in [0, 0.05) is 47.3 Å². The SMILES string of the molecule is OC(Cc1ccccc1)Nc1cncc(-c2cnc3n[nH]c(-c4nc5nccc(-c6ccoc6)c5[nH]4)c3c2F)c1. The molecule has 0 saturated carbocycles. The number of aromatic nitrogens is 7. The molecule has 0 saturated heterocycles. The molecule has 6 heterocycles. The van der Waals surface area contributed by atoms with Crippen LogP contribution in [0.2, 0.25) is 0 Å². The van der Waals surface area contributed by atoms with Crippen LogP contribution in [0, 0.1) is 5.82 Å². The molecule has 0 fully saturated rings. The number of anilines is 1. The minimum absolute atomic E-state index is 0.184. The summed E-state index contributed by atoms with van der Waals surface area (Å²) >= 11 is 0. The standard InChI is InChI=1S/C29H21FN8O2/c30-24-21(18-11-19(13-31-12-18)34-22(39)10-16-4-2-1-3-5-16)14-33-27-23(24)26(37-38-27)29-35-25-20(17-7-9-40-15-17)6-8-32-28(25)36-29/h1-9,11-15,22,34,39H,10H2,(H,32,35,36)(H,33,37,38). The van der Waals surface area contributed by atoms with Crippen LogP contribution in [0.4, 0.5) is 10.1 Å². The van der Waals surface area contributed by atoms with E-state index in [2.05, 4.69) is 40.4 Å². The summed E-state index contributed by atoms with van der Waals surface area (Å²) in [5.41, 5.74) is 5.68. The molecule has 10 nitrogen and oxygen atoms in total. The molecule has 1 aromatic carbocycles. The van der Waals surface area contributed by atoms with Crippen LogP contribution in [0.1, 0.15) is 5.56 Å².